The zero-order valence-electron chi connectivity index (χ0n) is 15.6. The van der Waals surface area contributed by atoms with Crippen molar-refractivity contribution in [2.45, 2.75) is 33.6 Å². The van der Waals surface area contributed by atoms with Gasteiger partial charge in [0.25, 0.3) is 5.91 Å². The summed E-state index contributed by atoms with van der Waals surface area (Å²) in [4.78, 5) is 16.9. The number of hydrogen-bond donors (Lipinski definition) is 2. The normalized spacial score (nSPS) is 12.1. The van der Waals surface area contributed by atoms with Gasteiger partial charge >= 0.3 is 0 Å². The SMILES string of the molecule is CCCNC(=O)C(C=Nc1ccc(CC)cc1)=C(O)c1ccccc1C. The maximum absolute atomic E-state index is 12.5. The minimum absolute atomic E-state index is 0.0642. The molecule has 0 saturated heterocycles. The van der Waals surface area contributed by atoms with E-state index in [0.29, 0.717) is 12.1 Å². The second-order valence-electron chi connectivity index (χ2n) is 6.11. The Labute approximate surface area is 155 Å². The van der Waals surface area contributed by atoms with Crippen molar-refractivity contribution in [1.29, 1.82) is 0 Å². The van der Waals surface area contributed by atoms with Crippen LogP contribution in [0.15, 0.2) is 59.1 Å². The lowest BCUT2D eigenvalue weighted by atomic mass is 10.0. The number of aliphatic hydroxyl groups is 1. The van der Waals surface area contributed by atoms with Crippen LogP contribution in [-0.4, -0.2) is 23.8 Å². The molecule has 136 valence electrons. The Morgan fingerprint density at radius 3 is 2.42 bits per heavy atom. The Bertz CT molecular complexity index is 805. The highest BCUT2D eigenvalue weighted by Crippen LogP contribution is 2.20. The maximum atomic E-state index is 12.5. The number of carbonyl (C=O) groups excluding carboxylic acids is 1. The number of amides is 1. The highest BCUT2D eigenvalue weighted by molar-refractivity contribution is 6.17. The lowest BCUT2D eigenvalue weighted by Gasteiger charge is -2.10. The molecule has 0 aliphatic rings. The summed E-state index contributed by atoms with van der Waals surface area (Å²) in [6.07, 6.45) is 3.22. The van der Waals surface area contributed by atoms with E-state index in [9.17, 15) is 9.90 Å². The summed E-state index contributed by atoms with van der Waals surface area (Å²) in [7, 11) is 0. The number of aliphatic imine (C=N–C) groups is 1. The summed E-state index contributed by atoms with van der Waals surface area (Å²) in [6.45, 7) is 6.52. The molecule has 2 N–H and O–H groups in total. The molecular formula is C22H26N2O2. The van der Waals surface area contributed by atoms with Crippen LogP contribution in [0, 0.1) is 6.92 Å². The molecule has 0 spiro atoms. The van der Waals surface area contributed by atoms with Crippen LogP contribution in [0.25, 0.3) is 5.76 Å². The van der Waals surface area contributed by atoms with E-state index < -0.39 is 0 Å². The van der Waals surface area contributed by atoms with Gasteiger partial charge in [-0.05, 0) is 43.0 Å². The summed E-state index contributed by atoms with van der Waals surface area (Å²) in [5.41, 5.74) is 3.64. The van der Waals surface area contributed by atoms with Gasteiger partial charge in [-0.3, -0.25) is 9.79 Å². The van der Waals surface area contributed by atoms with Crippen LogP contribution < -0.4 is 5.32 Å². The number of nitrogens with zero attached hydrogens (tertiary/aromatic N) is 1. The summed E-state index contributed by atoms with van der Waals surface area (Å²) < 4.78 is 0. The quantitative estimate of drug-likeness (QED) is 0.430. The highest BCUT2D eigenvalue weighted by Gasteiger charge is 2.15. The summed E-state index contributed by atoms with van der Waals surface area (Å²) in [5, 5.41) is 13.5. The van der Waals surface area contributed by atoms with Crippen molar-refractivity contribution in [1.82, 2.24) is 5.32 Å². The molecule has 1 amide bonds. The topological polar surface area (TPSA) is 61.7 Å². The molecule has 0 aliphatic heterocycles. The molecule has 0 bridgehead atoms. The van der Waals surface area contributed by atoms with Gasteiger partial charge in [0.05, 0.1) is 11.3 Å². The largest absolute Gasteiger partial charge is 0.506 e. The number of nitrogens with one attached hydrogen (secondary N) is 1. The third-order valence-corrected chi connectivity index (χ3v) is 4.12. The van der Waals surface area contributed by atoms with Gasteiger partial charge in [-0.1, -0.05) is 50.2 Å². The molecule has 0 aliphatic carbocycles. The smallest absolute Gasteiger partial charge is 0.256 e. The van der Waals surface area contributed by atoms with E-state index in [4.69, 9.17) is 0 Å². The first-order valence-corrected chi connectivity index (χ1v) is 8.97. The first kappa shape index (κ1) is 19.4. The predicted octanol–water partition coefficient (Wildman–Crippen LogP) is 4.76. The van der Waals surface area contributed by atoms with Gasteiger partial charge in [-0.15, -0.1) is 0 Å². The minimum atomic E-state index is -0.332. The van der Waals surface area contributed by atoms with Crippen LogP contribution in [0.4, 0.5) is 5.69 Å². The molecular weight excluding hydrogens is 324 g/mol. The van der Waals surface area contributed by atoms with Crippen LogP contribution in [-0.2, 0) is 11.2 Å². The van der Waals surface area contributed by atoms with Crippen molar-refractivity contribution in [3.05, 3.63) is 70.8 Å². The lowest BCUT2D eigenvalue weighted by Crippen LogP contribution is -2.27. The van der Waals surface area contributed by atoms with E-state index >= 15 is 0 Å². The molecule has 2 rings (SSSR count). The average Bonchev–Trinajstić information content (AvgIpc) is 2.67. The number of aryl methyl sites for hydroxylation is 2. The molecule has 4 nitrogen and oxygen atoms in total. The molecule has 0 saturated carbocycles. The average molecular weight is 350 g/mol. The van der Waals surface area contributed by atoms with Crippen molar-refractivity contribution in [2.75, 3.05) is 6.54 Å². The molecule has 0 atom stereocenters. The van der Waals surface area contributed by atoms with E-state index in [1.54, 1.807) is 6.07 Å². The Hall–Kier alpha value is -2.88. The number of benzene rings is 2. The Kier molecular flexibility index (Phi) is 7.15. The standard InChI is InChI=1S/C22H26N2O2/c1-4-14-23-22(26)20(21(25)19-9-7-6-8-16(19)3)15-24-18-12-10-17(5-2)11-13-18/h6-13,15,25H,4-5,14H2,1-3H3,(H,23,26). The Morgan fingerprint density at radius 1 is 1.12 bits per heavy atom. The predicted molar refractivity (Wildman–Crippen MR) is 108 cm³/mol. The zero-order chi connectivity index (χ0) is 18.9. The molecule has 2 aromatic carbocycles. The third kappa shape index (κ3) is 5.06. The van der Waals surface area contributed by atoms with Gasteiger partial charge in [0.2, 0.25) is 0 Å². The lowest BCUT2D eigenvalue weighted by molar-refractivity contribution is -0.116. The van der Waals surface area contributed by atoms with Gasteiger partial charge in [0.15, 0.2) is 0 Å². The van der Waals surface area contributed by atoms with E-state index in [0.717, 1.165) is 24.1 Å². The summed E-state index contributed by atoms with van der Waals surface area (Å²) >= 11 is 0. The molecule has 4 heteroatoms. The van der Waals surface area contributed by atoms with Crippen molar-refractivity contribution in [3.8, 4) is 0 Å². The molecule has 26 heavy (non-hydrogen) atoms. The molecule has 0 fully saturated rings. The van der Waals surface area contributed by atoms with Crippen molar-refractivity contribution in [2.24, 2.45) is 4.99 Å². The summed E-state index contributed by atoms with van der Waals surface area (Å²) in [6, 6.07) is 15.2. The highest BCUT2D eigenvalue weighted by atomic mass is 16.3. The number of aliphatic hydroxyl groups excluding tert-OH is 1. The van der Waals surface area contributed by atoms with E-state index in [-0.39, 0.29) is 17.2 Å². The second-order valence-corrected chi connectivity index (χ2v) is 6.11. The number of rotatable bonds is 7. The van der Waals surface area contributed by atoms with Gasteiger partial charge in [0, 0.05) is 18.3 Å². The minimum Gasteiger partial charge on any atom is -0.506 e. The van der Waals surface area contributed by atoms with Gasteiger partial charge in [-0.25, -0.2) is 0 Å². The maximum Gasteiger partial charge on any atom is 0.256 e. The van der Waals surface area contributed by atoms with E-state index in [1.165, 1.54) is 11.8 Å². The van der Waals surface area contributed by atoms with Crippen LogP contribution in [0.1, 0.15) is 37.0 Å². The van der Waals surface area contributed by atoms with Crippen molar-refractivity contribution in [3.63, 3.8) is 0 Å². The van der Waals surface area contributed by atoms with Crippen LogP contribution in [0.5, 0.6) is 0 Å². The molecule has 0 heterocycles. The van der Waals surface area contributed by atoms with Gasteiger partial charge < -0.3 is 10.4 Å². The fourth-order valence-corrected chi connectivity index (χ4v) is 2.50. The van der Waals surface area contributed by atoms with Crippen molar-refractivity contribution < 1.29 is 9.90 Å². The van der Waals surface area contributed by atoms with Crippen LogP contribution in [0.3, 0.4) is 0 Å². The zero-order valence-corrected chi connectivity index (χ0v) is 15.6. The third-order valence-electron chi connectivity index (χ3n) is 4.12. The molecule has 0 radical (unpaired) electrons. The second kappa shape index (κ2) is 9.56. The Balaban J connectivity index is 2.40. The van der Waals surface area contributed by atoms with E-state index in [2.05, 4.69) is 17.2 Å². The fourth-order valence-electron chi connectivity index (χ4n) is 2.50. The fraction of sp³-hybridized carbons (Fsp3) is 0.273. The van der Waals surface area contributed by atoms with Gasteiger partial charge in [0.1, 0.15) is 5.76 Å². The number of hydrogen-bond acceptors (Lipinski definition) is 3. The first-order valence-electron chi connectivity index (χ1n) is 8.97. The van der Waals surface area contributed by atoms with Crippen LogP contribution >= 0.6 is 0 Å². The van der Waals surface area contributed by atoms with Crippen molar-refractivity contribution >= 4 is 23.6 Å². The first-order chi connectivity index (χ1) is 12.6. The monoisotopic (exact) mass is 350 g/mol. The van der Waals surface area contributed by atoms with Crippen LogP contribution in [0.2, 0.25) is 0 Å². The number of carbonyl (C=O) groups is 1. The molecule has 0 aromatic heterocycles. The Morgan fingerprint density at radius 2 is 1.81 bits per heavy atom. The summed E-state index contributed by atoms with van der Waals surface area (Å²) in [5.74, 6) is -0.396. The molecule has 2 aromatic rings. The molecule has 0 unspecified atom stereocenters. The van der Waals surface area contributed by atoms with E-state index in [1.807, 2.05) is 56.3 Å². The van der Waals surface area contributed by atoms with Gasteiger partial charge in [-0.2, -0.15) is 0 Å².